The number of primary amides is 1. The highest BCUT2D eigenvalue weighted by atomic mass is 16.5. The van der Waals surface area contributed by atoms with Crippen molar-refractivity contribution < 1.29 is 14.3 Å². The van der Waals surface area contributed by atoms with Gasteiger partial charge < -0.3 is 15.0 Å². The largest absolute Gasteiger partial charge is 0.376 e. The minimum absolute atomic E-state index is 0.00338. The number of ketones is 1. The van der Waals surface area contributed by atoms with Gasteiger partial charge in [0.05, 0.1) is 6.10 Å². The molecule has 1 atom stereocenters. The van der Waals surface area contributed by atoms with Gasteiger partial charge in [0.2, 0.25) is 11.7 Å². The molecule has 9 heteroatoms. The Kier molecular flexibility index (Phi) is 5.45. The first kappa shape index (κ1) is 20.0. The minimum atomic E-state index is -0.499. The van der Waals surface area contributed by atoms with Crippen molar-refractivity contribution in [3.8, 4) is 11.4 Å². The van der Waals surface area contributed by atoms with Crippen molar-refractivity contribution >= 4 is 11.7 Å². The van der Waals surface area contributed by atoms with Crippen LogP contribution in [0.15, 0.2) is 30.3 Å². The first-order valence-electron chi connectivity index (χ1n) is 9.92. The van der Waals surface area contributed by atoms with Crippen LogP contribution in [0.3, 0.4) is 0 Å². The van der Waals surface area contributed by atoms with E-state index in [-0.39, 0.29) is 18.4 Å². The van der Waals surface area contributed by atoms with Gasteiger partial charge in [0.1, 0.15) is 6.54 Å². The van der Waals surface area contributed by atoms with Crippen LogP contribution in [0.1, 0.15) is 44.9 Å². The zero-order chi connectivity index (χ0) is 21.3. The molecule has 0 aliphatic carbocycles. The summed E-state index contributed by atoms with van der Waals surface area (Å²) in [5.74, 6) is -0.196. The fraction of sp³-hybridized carbons (Fsp3) is 0.381. The molecular formula is C21H24N6O3. The van der Waals surface area contributed by atoms with Gasteiger partial charge in [-0.05, 0) is 50.1 Å². The van der Waals surface area contributed by atoms with Crippen LogP contribution >= 0.6 is 0 Å². The topological polar surface area (TPSA) is 118 Å². The van der Waals surface area contributed by atoms with Crippen LogP contribution in [0, 0.1) is 13.8 Å². The van der Waals surface area contributed by atoms with E-state index < -0.39 is 5.91 Å². The molecule has 0 bridgehead atoms. The maximum atomic E-state index is 12.9. The Morgan fingerprint density at radius 1 is 1.23 bits per heavy atom. The molecular weight excluding hydrogens is 384 g/mol. The Labute approximate surface area is 173 Å². The van der Waals surface area contributed by atoms with Crippen molar-refractivity contribution in [3.05, 3.63) is 52.8 Å². The summed E-state index contributed by atoms with van der Waals surface area (Å²) >= 11 is 0. The lowest BCUT2D eigenvalue weighted by Crippen LogP contribution is -2.18. The van der Waals surface area contributed by atoms with Gasteiger partial charge in [0.25, 0.3) is 0 Å². The van der Waals surface area contributed by atoms with Gasteiger partial charge in [-0.2, -0.15) is 4.80 Å². The summed E-state index contributed by atoms with van der Waals surface area (Å²) < 4.78 is 7.88. The molecule has 1 amide bonds. The third-order valence-corrected chi connectivity index (χ3v) is 5.45. The smallest absolute Gasteiger partial charge is 0.248 e. The van der Waals surface area contributed by atoms with E-state index in [4.69, 9.17) is 10.5 Å². The SMILES string of the molecule is Cc1cc(C(=O)Cn2nnc(-c3ccc(C(N)=O)cc3)n2)c(C)n1CC1CCCO1. The number of rotatable bonds is 7. The number of aryl methyl sites for hydroxylation is 1. The highest BCUT2D eigenvalue weighted by Crippen LogP contribution is 2.21. The number of carbonyl (C=O) groups excluding carboxylic acids is 2. The second-order valence-corrected chi connectivity index (χ2v) is 7.54. The standard InChI is InChI=1S/C21H24N6O3/c1-13-10-18(14(2)26(13)11-17-4-3-9-30-17)19(28)12-27-24-21(23-25-27)16-7-5-15(6-8-16)20(22)29/h5-8,10,17H,3-4,9,11-12H2,1-2H3,(H2,22,29). The summed E-state index contributed by atoms with van der Waals surface area (Å²) in [6.45, 7) is 5.52. The van der Waals surface area contributed by atoms with Gasteiger partial charge in [-0.1, -0.05) is 12.1 Å². The van der Waals surface area contributed by atoms with Gasteiger partial charge in [-0.15, -0.1) is 10.2 Å². The quantitative estimate of drug-likeness (QED) is 0.597. The number of nitrogens with zero attached hydrogens (tertiary/aromatic N) is 5. The van der Waals surface area contributed by atoms with E-state index in [9.17, 15) is 9.59 Å². The Hall–Kier alpha value is -3.33. The van der Waals surface area contributed by atoms with E-state index >= 15 is 0 Å². The maximum Gasteiger partial charge on any atom is 0.248 e. The summed E-state index contributed by atoms with van der Waals surface area (Å²) in [5, 5.41) is 12.3. The van der Waals surface area contributed by atoms with E-state index in [1.165, 1.54) is 4.80 Å². The molecule has 4 rings (SSSR count). The van der Waals surface area contributed by atoms with Gasteiger partial charge >= 0.3 is 0 Å². The first-order valence-corrected chi connectivity index (χ1v) is 9.92. The molecule has 1 saturated heterocycles. The molecule has 0 spiro atoms. The van der Waals surface area contributed by atoms with Crippen LogP contribution < -0.4 is 5.73 Å². The number of aromatic nitrogens is 5. The summed E-state index contributed by atoms with van der Waals surface area (Å²) in [6, 6.07) is 8.51. The van der Waals surface area contributed by atoms with Crippen molar-refractivity contribution in [2.24, 2.45) is 5.73 Å². The van der Waals surface area contributed by atoms with Crippen LogP contribution in [-0.4, -0.2) is 49.2 Å². The molecule has 1 aliphatic heterocycles. The number of ether oxygens (including phenoxy) is 1. The van der Waals surface area contributed by atoms with Crippen molar-refractivity contribution in [3.63, 3.8) is 0 Å². The number of carbonyl (C=O) groups is 2. The second kappa shape index (κ2) is 8.19. The fourth-order valence-corrected chi connectivity index (χ4v) is 3.78. The van der Waals surface area contributed by atoms with E-state index in [1.807, 2.05) is 19.9 Å². The van der Waals surface area contributed by atoms with Gasteiger partial charge in [0, 0.05) is 41.2 Å². The summed E-state index contributed by atoms with van der Waals surface area (Å²) in [5.41, 5.74) is 8.97. The normalized spacial score (nSPS) is 16.1. The van der Waals surface area contributed by atoms with Crippen LogP contribution in [0.2, 0.25) is 0 Å². The molecule has 156 valence electrons. The molecule has 1 fully saturated rings. The van der Waals surface area contributed by atoms with Crippen LogP contribution in [0.4, 0.5) is 0 Å². The molecule has 2 N–H and O–H groups in total. The predicted molar refractivity (Wildman–Crippen MR) is 109 cm³/mol. The zero-order valence-electron chi connectivity index (χ0n) is 17.0. The third-order valence-electron chi connectivity index (χ3n) is 5.45. The lowest BCUT2D eigenvalue weighted by molar-refractivity contribution is 0.0943. The average molecular weight is 408 g/mol. The van der Waals surface area contributed by atoms with Crippen molar-refractivity contribution in [1.82, 2.24) is 24.8 Å². The molecule has 3 heterocycles. The van der Waals surface area contributed by atoms with Crippen molar-refractivity contribution in [2.45, 2.75) is 45.9 Å². The summed E-state index contributed by atoms with van der Waals surface area (Å²) in [4.78, 5) is 25.3. The average Bonchev–Trinajstić information content (AvgIpc) is 3.46. The van der Waals surface area contributed by atoms with Gasteiger partial charge in [0.15, 0.2) is 5.78 Å². The Bertz CT molecular complexity index is 1080. The molecule has 2 aromatic heterocycles. The summed E-state index contributed by atoms with van der Waals surface area (Å²) in [6.07, 6.45) is 2.34. The highest BCUT2D eigenvalue weighted by Gasteiger charge is 2.21. The predicted octanol–water partition coefficient (Wildman–Crippen LogP) is 1.92. The van der Waals surface area contributed by atoms with Gasteiger partial charge in [-0.25, -0.2) is 0 Å². The number of amides is 1. The maximum absolute atomic E-state index is 12.9. The highest BCUT2D eigenvalue weighted by molar-refractivity contribution is 5.97. The molecule has 9 nitrogen and oxygen atoms in total. The second-order valence-electron chi connectivity index (χ2n) is 7.54. The number of hydrogen-bond acceptors (Lipinski definition) is 6. The number of benzene rings is 1. The van der Waals surface area contributed by atoms with Crippen LogP contribution in [0.25, 0.3) is 11.4 Å². The lowest BCUT2D eigenvalue weighted by Gasteiger charge is -2.14. The molecule has 0 saturated carbocycles. The number of nitrogens with two attached hydrogens (primary N) is 1. The fourth-order valence-electron chi connectivity index (χ4n) is 3.78. The Morgan fingerprint density at radius 2 is 2.00 bits per heavy atom. The molecule has 3 aromatic rings. The third kappa shape index (κ3) is 4.02. The van der Waals surface area contributed by atoms with E-state index in [2.05, 4.69) is 20.0 Å². The number of tetrazole rings is 1. The Morgan fingerprint density at radius 3 is 2.67 bits per heavy atom. The monoisotopic (exact) mass is 408 g/mol. The lowest BCUT2D eigenvalue weighted by atomic mass is 10.1. The van der Waals surface area contributed by atoms with Gasteiger partial charge in [-0.3, -0.25) is 9.59 Å². The van der Waals surface area contributed by atoms with E-state index in [0.717, 1.165) is 37.4 Å². The van der Waals surface area contributed by atoms with Crippen molar-refractivity contribution in [2.75, 3.05) is 6.61 Å². The molecule has 1 aromatic carbocycles. The van der Waals surface area contributed by atoms with E-state index in [0.29, 0.717) is 22.5 Å². The van der Waals surface area contributed by atoms with Crippen LogP contribution in [-0.2, 0) is 17.8 Å². The number of Topliss-reactive ketones (excluding diaryl/α,β-unsaturated/α-hetero) is 1. The zero-order valence-corrected chi connectivity index (χ0v) is 17.0. The first-order chi connectivity index (χ1) is 14.4. The minimum Gasteiger partial charge on any atom is -0.376 e. The Balaban J connectivity index is 1.47. The van der Waals surface area contributed by atoms with E-state index in [1.54, 1.807) is 24.3 Å². The van der Waals surface area contributed by atoms with Crippen molar-refractivity contribution in [1.29, 1.82) is 0 Å². The molecule has 0 radical (unpaired) electrons. The molecule has 1 unspecified atom stereocenters. The molecule has 1 aliphatic rings. The number of hydrogen-bond donors (Lipinski definition) is 1. The molecule has 30 heavy (non-hydrogen) atoms. The summed E-state index contributed by atoms with van der Waals surface area (Å²) in [7, 11) is 0. The van der Waals surface area contributed by atoms with Crippen LogP contribution in [0.5, 0.6) is 0 Å².